The minimum absolute atomic E-state index is 0.183. The Hall–Kier alpha value is -2.44. The number of hydrogen-bond donors (Lipinski definition) is 2. The van der Waals surface area contributed by atoms with Gasteiger partial charge in [-0.05, 0) is 0 Å². The molecular formula is C14H20N2O5. The molecule has 7 nitrogen and oxygen atoms in total. The lowest BCUT2D eigenvalue weighted by Gasteiger charge is -2.17. The fraction of sp³-hybridized carbons (Fsp3) is 0.429. The summed E-state index contributed by atoms with van der Waals surface area (Å²) in [7, 11) is 4.37. The molecule has 0 aliphatic rings. The van der Waals surface area contributed by atoms with Crippen molar-refractivity contribution in [1.82, 2.24) is 5.32 Å². The van der Waals surface area contributed by atoms with Crippen LogP contribution in [0.15, 0.2) is 18.2 Å². The zero-order chi connectivity index (χ0) is 15.8. The maximum Gasteiger partial charge on any atom is 0.330 e. The number of amides is 1. The third kappa shape index (κ3) is 5.21. The SMILES string of the molecule is COC(=O)C(CNc1cc(OC)cc(OC)c1)NC(C)=O. The van der Waals surface area contributed by atoms with Gasteiger partial charge in [0, 0.05) is 37.4 Å². The molecule has 0 saturated carbocycles. The van der Waals surface area contributed by atoms with Crippen LogP contribution < -0.4 is 20.1 Å². The maximum atomic E-state index is 11.6. The molecule has 0 heterocycles. The zero-order valence-corrected chi connectivity index (χ0v) is 12.6. The van der Waals surface area contributed by atoms with E-state index in [2.05, 4.69) is 15.4 Å². The minimum atomic E-state index is -0.773. The van der Waals surface area contributed by atoms with E-state index in [4.69, 9.17) is 9.47 Å². The molecule has 1 aromatic carbocycles. The summed E-state index contributed by atoms with van der Waals surface area (Å²) in [6.45, 7) is 1.52. The Balaban J connectivity index is 2.79. The number of nitrogens with one attached hydrogen (secondary N) is 2. The van der Waals surface area contributed by atoms with E-state index < -0.39 is 12.0 Å². The molecule has 1 atom stereocenters. The Kier molecular flexibility index (Phi) is 6.32. The van der Waals surface area contributed by atoms with Crippen molar-refractivity contribution >= 4 is 17.6 Å². The molecule has 7 heteroatoms. The topological polar surface area (TPSA) is 85.9 Å². The molecule has 1 aromatic rings. The van der Waals surface area contributed by atoms with Gasteiger partial charge in [0.15, 0.2) is 0 Å². The Morgan fingerprint density at radius 2 is 1.67 bits per heavy atom. The number of rotatable bonds is 7. The van der Waals surface area contributed by atoms with Gasteiger partial charge in [0.05, 0.1) is 21.3 Å². The monoisotopic (exact) mass is 296 g/mol. The molecule has 116 valence electrons. The van der Waals surface area contributed by atoms with Crippen LogP contribution in [0.25, 0.3) is 0 Å². The average Bonchev–Trinajstić information content (AvgIpc) is 2.49. The van der Waals surface area contributed by atoms with Crippen LogP contribution in [0.4, 0.5) is 5.69 Å². The number of carbonyl (C=O) groups excluding carboxylic acids is 2. The Morgan fingerprint density at radius 3 is 2.10 bits per heavy atom. The van der Waals surface area contributed by atoms with Gasteiger partial charge in [0.25, 0.3) is 0 Å². The van der Waals surface area contributed by atoms with Crippen molar-refractivity contribution in [2.45, 2.75) is 13.0 Å². The number of carbonyl (C=O) groups is 2. The Morgan fingerprint density at radius 1 is 1.10 bits per heavy atom. The first-order chi connectivity index (χ1) is 9.99. The number of esters is 1. The van der Waals surface area contributed by atoms with Crippen LogP contribution >= 0.6 is 0 Å². The first-order valence-electron chi connectivity index (χ1n) is 6.32. The van der Waals surface area contributed by atoms with Crippen molar-refractivity contribution in [3.8, 4) is 11.5 Å². The number of methoxy groups -OCH3 is 3. The van der Waals surface area contributed by atoms with E-state index in [-0.39, 0.29) is 12.5 Å². The van der Waals surface area contributed by atoms with Crippen LogP contribution in [0.3, 0.4) is 0 Å². The molecule has 2 N–H and O–H groups in total. The lowest BCUT2D eigenvalue weighted by atomic mass is 10.2. The van der Waals surface area contributed by atoms with Gasteiger partial charge < -0.3 is 24.8 Å². The van der Waals surface area contributed by atoms with Crippen LogP contribution in [-0.2, 0) is 14.3 Å². The summed E-state index contributed by atoms with van der Waals surface area (Å²) in [5, 5.41) is 5.56. The standard InChI is InChI=1S/C14H20N2O5/c1-9(17)16-13(14(18)21-4)8-15-10-5-11(19-2)7-12(6-10)20-3/h5-7,13,15H,8H2,1-4H3,(H,16,17). The molecule has 0 fully saturated rings. The van der Waals surface area contributed by atoms with Crippen LogP contribution in [0, 0.1) is 0 Å². The summed E-state index contributed by atoms with van der Waals surface area (Å²) in [4.78, 5) is 22.7. The highest BCUT2D eigenvalue weighted by molar-refractivity contribution is 5.83. The second kappa shape index (κ2) is 7.98. The summed E-state index contributed by atoms with van der Waals surface area (Å²) in [6, 6.07) is 4.47. The summed E-state index contributed by atoms with van der Waals surface area (Å²) >= 11 is 0. The largest absolute Gasteiger partial charge is 0.497 e. The van der Waals surface area contributed by atoms with E-state index in [1.165, 1.54) is 14.0 Å². The van der Waals surface area contributed by atoms with Gasteiger partial charge in [-0.3, -0.25) is 4.79 Å². The molecule has 0 saturated heterocycles. The molecule has 21 heavy (non-hydrogen) atoms. The van der Waals surface area contributed by atoms with Crippen LogP contribution in [0.5, 0.6) is 11.5 Å². The average molecular weight is 296 g/mol. The fourth-order valence-electron chi connectivity index (χ4n) is 1.71. The van der Waals surface area contributed by atoms with Crippen molar-refractivity contribution in [2.75, 3.05) is 33.2 Å². The predicted octanol–water partition coefficient (Wildman–Crippen LogP) is 0.793. The first-order valence-corrected chi connectivity index (χ1v) is 6.32. The third-order valence-electron chi connectivity index (χ3n) is 2.72. The van der Waals surface area contributed by atoms with Crippen molar-refractivity contribution in [3.63, 3.8) is 0 Å². The molecule has 1 unspecified atom stereocenters. The maximum absolute atomic E-state index is 11.6. The molecular weight excluding hydrogens is 276 g/mol. The highest BCUT2D eigenvalue weighted by atomic mass is 16.5. The molecule has 0 aliphatic carbocycles. The number of hydrogen-bond acceptors (Lipinski definition) is 6. The summed E-state index contributed by atoms with van der Waals surface area (Å²) in [5.74, 6) is 0.403. The Labute approximate surface area is 123 Å². The normalized spacial score (nSPS) is 11.2. The van der Waals surface area contributed by atoms with Gasteiger partial charge in [-0.15, -0.1) is 0 Å². The van der Waals surface area contributed by atoms with Gasteiger partial charge in [0.2, 0.25) is 5.91 Å². The molecule has 0 aliphatic heterocycles. The van der Waals surface area contributed by atoms with E-state index in [0.29, 0.717) is 17.2 Å². The fourth-order valence-corrected chi connectivity index (χ4v) is 1.71. The summed E-state index contributed by atoms with van der Waals surface area (Å²) in [6.07, 6.45) is 0. The van der Waals surface area contributed by atoms with Gasteiger partial charge >= 0.3 is 5.97 Å². The summed E-state index contributed by atoms with van der Waals surface area (Å²) < 4.78 is 15.0. The van der Waals surface area contributed by atoms with Gasteiger partial charge in [-0.25, -0.2) is 4.79 Å². The second-order valence-corrected chi connectivity index (χ2v) is 4.26. The highest BCUT2D eigenvalue weighted by Gasteiger charge is 2.19. The van der Waals surface area contributed by atoms with Crippen LogP contribution in [-0.4, -0.2) is 45.8 Å². The molecule has 0 radical (unpaired) electrons. The molecule has 1 amide bonds. The van der Waals surface area contributed by atoms with Gasteiger partial charge in [0.1, 0.15) is 17.5 Å². The van der Waals surface area contributed by atoms with Crippen molar-refractivity contribution in [1.29, 1.82) is 0 Å². The van der Waals surface area contributed by atoms with E-state index in [0.717, 1.165) is 0 Å². The lowest BCUT2D eigenvalue weighted by Crippen LogP contribution is -2.45. The second-order valence-electron chi connectivity index (χ2n) is 4.26. The third-order valence-corrected chi connectivity index (χ3v) is 2.72. The van der Waals surface area contributed by atoms with E-state index in [1.54, 1.807) is 32.4 Å². The number of anilines is 1. The first kappa shape index (κ1) is 16.6. The van der Waals surface area contributed by atoms with Crippen LogP contribution in [0.2, 0.25) is 0 Å². The summed E-state index contributed by atoms with van der Waals surface area (Å²) in [5.41, 5.74) is 0.699. The lowest BCUT2D eigenvalue weighted by molar-refractivity contribution is -0.144. The van der Waals surface area contributed by atoms with E-state index in [1.807, 2.05) is 0 Å². The predicted molar refractivity (Wildman–Crippen MR) is 77.7 cm³/mol. The minimum Gasteiger partial charge on any atom is -0.497 e. The van der Waals surface area contributed by atoms with E-state index >= 15 is 0 Å². The van der Waals surface area contributed by atoms with E-state index in [9.17, 15) is 9.59 Å². The van der Waals surface area contributed by atoms with Gasteiger partial charge in [-0.1, -0.05) is 0 Å². The highest BCUT2D eigenvalue weighted by Crippen LogP contribution is 2.25. The number of ether oxygens (including phenoxy) is 3. The molecule has 0 aromatic heterocycles. The van der Waals surface area contributed by atoms with Crippen molar-refractivity contribution in [2.24, 2.45) is 0 Å². The van der Waals surface area contributed by atoms with Crippen molar-refractivity contribution in [3.05, 3.63) is 18.2 Å². The molecule has 0 spiro atoms. The quantitative estimate of drug-likeness (QED) is 0.724. The molecule has 1 rings (SSSR count). The molecule has 0 bridgehead atoms. The van der Waals surface area contributed by atoms with Crippen molar-refractivity contribution < 1.29 is 23.8 Å². The number of benzene rings is 1. The van der Waals surface area contributed by atoms with Gasteiger partial charge in [-0.2, -0.15) is 0 Å². The smallest absolute Gasteiger partial charge is 0.330 e. The zero-order valence-electron chi connectivity index (χ0n) is 12.6. The Bertz CT molecular complexity index is 482. The van der Waals surface area contributed by atoms with Crippen LogP contribution in [0.1, 0.15) is 6.92 Å².